The number of rotatable bonds is 5. The quantitative estimate of drug-likeness (QED) is 0.738. The van der Waals surface area contributed by atoms with Crippen LogP contribution in [0.4, 0.5) is 17.1 Å². The molecule has 0 spiro atoms. The SMILES string of the molecule is CNC(=O)c1cc(N)ccc1Nc1cc(OC)ccc1OC. The van der Waals surface area contributed by atoms with Crippen molar-refractivity contribution in [2.24, 2.45) is 0 Å². The molecule has 0 aliphatic carbocycles. The van der Waals surface area contributed by atoms with E-state index < -0.39 is 0 Å². The van der Waals surface area contributed by atoms with Crippen LogP contribution in [0.2, 0.25) is 0 Å². The summed E-state index contributed by atoms with van der Waals surface area (Å²) in [6.07, 6.45) is 0. The van der Waals surface area contributed by atoms with Crippen molar-refractivity contribution in [3.8, 4) is 11.5 Å². The third-order valence-electron chi connectivity index (χ3n) is 3.19. The lowest BCUT2D eigenvalue weighted by Crippen LogP contribution is -2.19. The van der Waals surface area contributed by atoms with Crippen LogP contribution >= 0.6 is 0 Å². The lowest BCUT2D eigenvalue weighted by Gasteiger charge is -2.15. The van der Waals surface area contributed by atoms with E-state index in [1.807, 2.05) is 0 Å². The van der Waals surface area contributed by atoms with Gasteiger partial charge in [-0.3, -0.25) is 4.79 Å². The highest BCUT2D eigenvalue weighted by molar-refractivity contribution is 6.01. The molecule has 2 aromatic rings. The predicted molar refractivity (Wildman–Crippen MR) is 87.1 cm³/mol. The number of benzene rings is 2. The summed E-state index contributed by atoms with van der Waals surface area (Å²) in [5.74, 6) is 1.09. The largest absolute Gasteiger partial charge is 0.497 e. The van der Waals surface area contributed by atoms with Crippen molar-refractivity contribution in [3.05, 3.63) is 42.0 Å². The van der Waals surface area contributed by atoms with Crippen molar-refractivity contribution in [2.75, 3.05) is 32.3 Å². The van der Waals surface area contributed by atoms with Crippen molar-refractivity contribution in [1.29, 1.82) is 0 Å². The first-order chi connectivity index (χ1) is 10.6. The Morgan fingerprint density at radius 3 is 2.45 bits per heavy atom. The maximum atomic E-state index is 12.0. The van der Waals surface area contributed by atoms with Gasteiger partial charge in [0.2, 0.25) is 0 Å². The van der Waals surface area contributed by atoms with Crippen LogP contribution < -0.4 is 25.8 Å². The number of nitrogens with two attached hydrogens (primary N) is 1. The van der Waals surface area contributed by atoms with Crippen molar-refractivity contribution in [2.45, 2.75) is 0 Å². The van der Waals surface area contributed by atoms with Crippen molar-refractivity contribution in [1.82, 2.24) is 5.32 Å². The van der Waals surface area contributed by atoms with Gasteiger partial charge in [-0.05, 0) is 30.3 Å². The molecule has 6 heteroatoms. The van der Waals surface area contributed by atoms with E-state index in [1.54, 1.807) is 57.7 Å². The van der Waals surface area contributed by atoms with Crippen LogP contribution in [0.5, 0.6) is 11.5 Å². The fourth-order valence-electron chi connectivity index (χ4n) is 2.05. The number of methoxy groups -OCH3 is 2. The summed E-state index contributed by atoms with van der Waals surface area (Å²) in [6, 6.07) is 10.5. The zero-order valence-corrected chi connectivity index (χ0v) is 12.8. The fraction of sp³-hybridized carbons (Fsp3) is 0.188. The monoisotopic (exact) mass is 301 g/mol. The first kappa shape index (κ1) is 15.5. The van der Waals surface area contributed by atoms with E-state index in [2.05, 4.69) is 10.6 Å². The van der Waals surface area contributed by atoms with Gasteiger partial charge in [-0.2, -0.15) is 0 Å². The molecular weight excluding hydrogens is 282 g/mol. The Kier molecular flexibility index (Phi) is 4.73. The summed E-state index contributed by atoms with van der Waals surface area (Å²) in [6.45, 7) is 0. The summed E-state index contributed by atoms with van der Waals surface area (Å²) in [5, 5.41) is 5.78. The van der Waals surface area contributed by atoms with Crippen LogP contribution in [0.15, 0.2) is 36.4 Å². The van der Waals surface area contributed by atoms with E-state index in [0.717, 1.165) is 0 Å². The van der Waals surface area contributed by atoms with Gasteiger partial charge in [-0.15, -0.1) is 0 Å². The first-order valence-corrected chi connectivity index (χ1v) is 6.69. The normalized spacial score (nSPS) is 9.95. The van der Waals surface area contributed by atoms with Crippen LogP contribution in [-0.4, -0.2) is 27.2 Å². The second-order valence-electron chi connectivity index (χ2n) is 4.58. The van der Waals surface area contributed by atoms with Crippen LogP contribution in [0.1, 0.15) is 10.4 Å². The number of carbonyl (C=O) groups excluding carboxylic acids is 1. The molecule has 0 aromatic heterocycles. The molecule has 0 unspecified atom stereocenters. The zero-order chi connectivity index (χ0) is 16.1. The Hall–Kier alpha value is -2.89. The van der Waals surface area contributed by atoms with Crippen molar-refractivity contribution in [3.63, 3.8) is 0 Å². The number of hydrogen-bond donors (Lipinski definition) is 3. The molecule has 0 bridgehead atoms. The molecule has 4 N–H and O–H groups in total. The number of ether oxygens (including phenoxy) is 2. The summed E-state index contributed by atoms with van der Waals surface area (Å²) in [5.41, 5.74) is 8.05. The fourth-order valence-corrected chi connectivity index (χ4v) is 2.05. The van der Waals surface area contributed by atoms with Gasteiger partial charge in [-0.1, -0.05) is 0 Å². The number of amides is 1. The Morgan fingerprint density at radius 2 is 1.82 bits per heavy atom. The smallest absolute Gasteiger partial charge is 0.253 e. The molecule has 0 saturated carbocycles. The van der Waals surface area contributed by atoms with Gasteiger partial charge < -0.3 is 25.8 Å². The van der Waals surface area contributed by atoms with Crippen LogP contribution in [0.3, 0.4) is 0 Å². The van der Waals surface area contributed by atoms with Crippen LogP contribution in [0.25, 0.3) is 0 Å². The van der Waals surface area contributed by atoms with E-state index in [1.165, 1.54) is 0 Å². The Balaban J connectivity index is 2.44. The second kappa shape index (κ2) is 6.71. The number of anilines is 3. The highest BCUT2D eigenvalue weighted by Gasteiger charge is 2.13. The van der Waals surface area contributed by atoms with Crippen LogP contribution in [0, 0.1) is 0 Å². The highest BCUT2D eigenvalue weighted by Crippen LogP contribution is 2.33. The van der Waals surface area contributed by atoms with E-state index >= 15 is 0 Å². The summed E-state index contributed by atoms with van der Waals surface area (Å²) < 4.78 is 10.5. The molecule has 1 amide bonds. The number of nitrogen functional groups attached to an aromatic ring is 1. The summed E-state index contributed by atoms with van der Waals surface area (Å²) in [4.78, 5) is 12.0. The minimum Gasteiger partial charge on any atom is -0.497 e. The molecule has 2 rings (SSSR count). The summed E-state index contributed by atoms with van der Waals surface area (Å²) in [7, 11) is 4.74. The molecule has 0 fully saturated rings. The minimum atomic E-state index is -0.225. The van der Waals surface area contributed by atoms with Gasteiger partial charge in [-0.25, -0.2) is 0 Å². The van der Waals surface area contributed by atoms with E-state index in [9.17, 15) is 4.79 Å². The van der Waals surface area contributed by atoms with E-state index in [-0.39, 0.29) is 5.91 Å². The Labute approximate surface area is 129 Å². The average Bonchev–Trinajstić information content (AvgIpc) is 2.55. The standard InChI is InChI=1S/C16H19N3O3/c1-18-16(20)12-8-10(17)4-6-13(12)19-14-9-11(21-2)5-7-15(14)22-3/h4-9,19H,17H2,1-3H3,(H,18,20). The molecule has 0 aliphatic heterocycles. The topological polar surface area (TPSA) is 85.6 Å². The third kappa shape index (κ3) is 3.22. The molecular formula is C16H19N3O3. The first-order valence-electron chi connectivity index (χ1n) is 6.69. The molecule has 0 aliphatic rings. The van der Waals surface area contributed by atoms with Crippen molar-refractivity contribution >= 4 is 23.0 Å². The molecule has 0 heterocycles. The van der Waals surface area contributed by atoms with Gasteiger partial charge in [0.25, 0.3) is 5.91 Å². The second-order valence-corrected chi connectivity index (χ2v) is 4.58. The third-order valence-corrected chi connectivity index (χ3v) is 3.19. The Morgan fingerprint density at radius 1 is 1.05 bits per heavy atom. The number of nitrogens with one attached hydrogen (secondary N) is 2. The molecule has 22 heavy (non-hydrogen) atoms. The Bertz CT molecular complexity index is 686. The lowest BCUT2D eigenvalue weighted by atomic mass is 10.1. The molecule has 0 atom stereocenters. The van der Waals surface area contributed by atoms with Gasteiger partial charge in [0.15, 0.2) is 0 Å². The maximum Gasteiger partial charge on any atom is 0.253 e. The van der Waals surface area contributed by atoms with Gasteiger partial charge in [0, 0.05) is 18.8 Å². The highest BCUT2D eigenvalue weighted by atomic mass is 16.5. The van der Waals surface area contributed by atoms with E-state index in [4.69, 9.17) is 15.2 Å². The molecule has 0 saturated heterocycles. The van der Waals surface area contributed by atoms with Gasteiger partial charge >= 0.3 is 0 Å². The maximum absolute atomic E-state index is 12.0. The number of carbonyl (C=O) groups is 1. The van der Waals surface area contributed by atoms with E-state index in [0.29, 0.717) is 34.1 Å². The lowest BCUT2D eigenvalue weighted by molar-refractivity contribution is 0.0964. The molecule has 0 radical (unpaired) electrons. The average molecular weight is 301 g/mol. The van der Waals surface area contributed by atoms with Gasteiger partial charge in [0.1, 0.15) is 11.5 Å². The molecule has 2 aromatic carbocycles. The molecule has 6 nitrogen and oxygen atoms in total. The van der Waals surface area contributed by atoms with Crippen LogP contribution in [-0.2, 0) is 0 Å². The minimum absolute atomic E-state index is 0.225. The van der Waals surface area contributed by atoms with Crippen molar-refractivity contribution < 1.29 is 14.3 Å². The summed E-state index contributed by atoms with van der Waals surface area (Å²) >= 11 is 0. The van der Waals surface area contributed by atoms with Gasteiger partial charge in [0.05, 0.1) is 31.2 Å². The zero-order valence-electron chi connectivity index (χ0n) is 12.8. The number of hydrogen-bond acceptors (Lipinski definition) is 5. The predicted octanol–water partition coefficient (Wildman–Crippen LogP) is 2.39. The molecule has 116 valence electrons.